The number of amides is 2. The number of hydrogen-bond donors (Lipinski definition) is 3. The van der Waals surface area contributed by atoms with Crippen molar-refractivity contribution in [3.05, 3.63) is 29.6 Å². The van der Waals surface area contributed by atoms with Gasteiger partial charge in [0, 0.05) is 13.7 Å². The van der Waals surface area contributed by atoms with Gasteiger partial charge in [0.1, 0.15) is 5.82 Å². The minimum atomic E-state index is -4.81. The van der Waals surface area contributed by atoms with Crippen LogP contribution in [0.1, 0.15) is 18.9 Å². The van der Waals surface area contributed by atoms with Crippen molar-refractivity contribution in [1.82, 2.24) is 5.32 Å². The van der Waals surface area contributed by atoms with Crippen molar-refractivity contribution in [2.24, 2.45) is 0 Å². The van der Waals surface area contributed by atoms with E-state index >= 15 is 0 Å². The fourth-order valence-electron chi connectivity index (χ4n) is 2.02. The van der Waals surface area contributed by atoms with E-state index in [2.05, 4.69) is 5.32 Å². The van der Waals surface area contributed by atoms with Gasteiger partial charge in [0.2, 0.25) is 0 Å². The van der Waals surface area contributed by atoms with Crippen LogP contribution in [0.15, 0.2) is 18.2 Å². The molecule has 0 heterocycles. The summed E-state index contributed by atoms with van der Waals surface area (Å²) >= 11 is 0. The Morgan fingerprint density at radius 3 is 2.52 bits per heavy atom. The van der Waals surface area contributed by atoms with E-state index in [1.54, 1.807) is 6.92 Å². The third-order valence-corrected chi connectivity index (χ3v) is 3.08. The fourth-order valence-corrected chi connectivity index (χ4v) is 2.02. The molecule has 0 bridgehead atoms. The van der Waals surface area contributed by atoms with Crippen molar-refractivity contribution in [3.8, 4) is 0 Å². The van der Waals surface area contributed by atoms with E-state index in [1.165, 1.54) is 7.11 Å². The van der Waals surface area contributed by atoms with Crippen LogP contribution in [0.2, 0.25) is 0 Å². The number of hydrogen-bond acceptors (Lipinski definition) is 3. The summed E-state index contributed by atoms with van der Waals surface area (Å²) in [6.07, 6.45) is -4.67. The number of urea groups is 1. The van der Waals surface area contributed by atoms with Crippen LogP contribution >= 0.6 is 0 Å². The van der Waals surface area contributed by atoms with Crippen molar-refractivity contribution < 1.29 is 32.2 Å². The summed E-state index contributed by atoms with van der Waals surface area (Å²) < 4.78 is 56.5. The van der Waals surface area contributed by atoms with Gasteiger partial charge < -0.3 is 20.5 Å². The first kappa shape index (κ1) is 19.2. The largest absolute Gasteiger partial charge is 0.418 e. The molecule has 1 atom stereocenters. The summed E-state index contributed by atoms with van der Waals surface area (Å²) in [7, 11) is 1.39. The molecule has 0 fully saturated rings. The molecule has 0 aliphatic carbocycles. The lowest BCUT2D eigenvalue weighted by Gasteiger charge is -2.29. The summed E-state index contributed by atoms with van der Waals surface area (Å²) in [6, 6.07) is 1.03. The molecule has 1 aromatic rings. The minimum absolute atomic E-state index is 0.0521. The van der Waals surface area contributed by atoms with Gasteiger partial charge in [-0.25, -0.2) is 9.18 Å². The average molecular weight is 338 g/mol. The molecule has 0 aromatic heterocycles. The quantitative estimate of drug-likeness (QED) is 0.699. The number of alkyl halides is 3. The SMILES string of the molecule is COCC(C)(CCO)NC(=O)Nc1ccc(F)cc1C(F)(F)F. The minimum Gasteiger partial charge on any atom is -0.396 e. The van der Waals surface area contributed by atoms with Crippen LogP contribution in [-0.2, 0) is 10.9 Å². The highest BCUT2D eigenvalue weighted by Crippen LogP contribution is 2.35. The Labute approximate surface area is 130 Å². The number of ether oxygens (including phenoxy) is 1. The van der Waals surface area contributed by atoms with Gasteiger partial charge in [-0.15, -0.1) is 0 Å². The van der Waals surface area contributed by atoms with Gasteiger partial charge in [-0.3, -0.25) is 0 Å². The normalized spacial score (nSPS) is 14.2. The molecule has 1 aromatic carbocycles. The summed E-state index contributed by atoms with van der Waals surface area (Å²) in [5.74, 6) is -1.06. The summed E-state index contributed by atoms with van der Waals surface area (Å²) in [5, 5.41) is 13.5. The first-order valence-corrected chi connectivity index (χ1v) is 6.67. The molecule has 5 nitrogen and oxygen atoms in total. The van der Waals surface area contributed by atoms with Crippen LogP contribution in [0.5, 0.6) is 0 Å². The number of carbonyl (C=O) groups excluding carboxylic acids is 1. The highest BCUT2D eigenvalue weighted by molar-refractivity contribution is 5.90. The number of aliphatic hydroxyl groups is 1. The van der Waals surface area contributed by atoms with E-state index in [-0.39, 0.29) is 19.6 Å². The predicted molar refractivity (Wildman–Crippen MR) is 75.5 cm³/mol. The maximum atomic E-state index is 13.0. The molecule has 9 heteroatoms. The monoisotopic (exact) mass is 338 g/mol. The van der Waals surface area contributed by atoms with Crippen LogP contribution < -0.4 is 10.6 Å². The Hall–Kier alpha value is -1.87. The van der Waals surface area contributed by atoms with Crippen molar-refractivity contribution in [3.63, 3.8) is 0 Å². The highest BCUT2D eigenvalue weighted by Gasteiger charge is 2.35. The average Bonchev–Trinajstić information content (AvgIpc) is 2.39. The smallest absolute Gasteiger partial charge is 0.396 e. The third kappa shape index (κ3) is 5.68. The molecule has 0 spiro atoms. The number of carbonyl (C=O) groups is 1. The summed E-state index contributed by atoms with van der Waals surface area (Å²) in [6.45, 7) is 1.38. The summed E-state index contributed by atoms with van der Waals surface area (Å²) in [4.78, 5) is 11.9. The van der Waals surface area contributed by atoms with E-state index < -0.39 is 34.8 Å². The van der Waals surface area contributed by atoms with Gasteiger partial charge in [0.05, 0.1) is 23.4 Å². The van der Waals surface area contributed by atoms with Gasteiger partial charge in [-0.05, 0) is 31.5 Å². The number of rotatable bonds is 6. The molecular formula is C14H18F4N2O3. The van der Waals surface area contributed by atoms with Crippen LogP contribution in [0.4, 0.5) is 28.0 Å². The molecule has 0 aliphatic heterocycles. The van der Waals surface area contributed by atoms with Gasteiger partial charge >= 0.3 is 12.2 Å². The fraction of sp³-hybridized carbons (Fsp3) is 0.500. The standard InChI is InChI=1S/C14H18F4N2O3/c1-13(5-6-21,8-23-2)20-12(22)19-11-4-3-9(15)7-10(11)14(16,17)18/h3-4,7,21H,5-6,8H2,1-2H3,(H2,19,20,22). The van der Waals surface area contributed by atoms with Crippen LogP contribution in [0.25, 0.3) is 0 Å². The van der Waals surface area contributed by atoms with Crippen molar-refractivity contribution in [2.75, 3.05) is 25.6 Å². The first-order chi connectivity index (χ1) is 10.6. The van der Waals surface area contributed by atoms with E-state index in [0.29, 0.717) is 6.07 Å². The highest BCUT2D eigenvalue weighted by atomic mass is 19.4. The van der Waals surface area contributed by atoms with Crippen molar-refractivity contribution >= 4 is 11.7 Å². The van der Waals surface area contributed by atoms with E-state index in [4.69, 9.17) is 9.84 Å². The molecular weight excluding hydrogens is 320 g/mol. The van der Waals surface area contributed by atoms with Crippen LogP contribution in [0, 0.1) is 5.82 Å². The molecule has 0 aliphatic rings. The maximum absolute atomic E-state index is 13.0. The first-order valence-electron chi connectivity index (χ1n) is 6.67. The van der Waals surface area contributed by atoms with E-state index in [9.17, 15) is 22.4 Å². The topological polar surface area (TPSA) is 70.6 Å². The number of benzene rings is 1. The Balaban J connectivity index is 2.93. The Morgan fingerprint density at radius 2 is 2.00 bits per heavy atom. The van der Waals surface area contributed by atoms with E-state index in [0.717, 1.165) is 12.1 Å². The molecule has 1 unspecified atom stereocenters. The Kier molecular flexibility index (Phi) is 6.34. The predicted octanol–water partition coefficient (Wildman–Crippen LogP) is 2.75. The number of halogens is 4. The van der Waals surface area contributed by atoms with Gasteiger partial charge in [0.25, 0.3) is 0 Å². The lowest BCUT2D eigenvalue weighted by molar-refractivity contribution is -0.137. The second kappa shape index (κ2) is 7.60. The number of aliphatic hydroxyl groups excluding tert-OH is 1. The number of methoxy groups -OCH3 is 1. The van der Waals surface area contributed by atoms with Crippen LogP contribution in [-0.4, -0.2) is 37.0 Å². The summed E-state index contributed by atoms with van der Waals surface area (Å²) in [5.41, 5.74) is -2.82. The maximum Gasteiger partial charge on any atom is 0.418 e. The van der Waals surface area contributed by atoms with Gasteiger partial charge in [-0.1, -0.05) is 0 Å². The zero-order valence-electron chi connectivity index (χ0n) is 12.6. The zero-order valence-corrected chi connectivity index (χ0v) is 12.6. The molecule has 3 N–H and O–H groups in total. The zero-order chi connectivity index (χ0) is 17.7. The molecule has 130 valence electrons. The number of anilines is 1. The van der Waals surface area contributed by atoms with Gasteiger partial charge in [-0.2, -0.15) is 13.2 Å². The lowest BCUT2D eigenvalue weighted by Crippen LogP contribution is -2.51. The van der Waals surface area contributed by atoms with E-state index in [1.807, 2.05) is 5.32 Å². The third-order valence-electron chi connectivity index (χ3n) is 3.08. The Morgan fingerprint density at radius 1 is 1.35 bits per heavy atom. The van der Waals surface area contributed by atoms with Gasteiger partial charge in [0.15, 0.2) is 0 Å². The molecule has 0 radical (unpaired) electrons. The van der Waals surface area contributed by atoms with Crippen LogP contribution in [0.3, 0.4) is 0 Å². The van der Waals surface area contributed by atoms with Crippen molar-refractivity contribution in [1.29, 1.82) is 0 Å². The number of nitrogens with one attached hydrogen (secondary N) is 2. The Bertz CT molecular complexity index is 543. The lowest BCUT2D eigenvalue weighted by atomic mass is 10.00. The second-order valence-electron chi connectivity index (χ2n) is 5.23. The molecule has 23 heavy (non-hydrogen) atoms. The van der Waals surface area contributed by atoms with Crippen molar-refractivity contribution in [2.45, 2.75) is 25.1 Å². The molecule has 1 rings (SSSR count). The molecule has 0 saturated heterocycles. The molecule has 0 saturated carbocycles. The second-order valence-corrected chi connectivity index (χ2v) is 5.23. The molecule has 2 amide bonds.